The fourth-order valence-corrected chi connectivity index (χ4v) is 4.29. The van der Waals surface area contributed by atoms with E-state index >= 15 is 0 Å². The molecule has 1 saturated heterocycles. The molecule has 1 aromatic carbocycles. The highest BCUT2D eigenvalue weighted by molar-refractivity contribution is 7.92. The highest BCUT2D eigenvalue weighted by Crippen LogP contribution is 2.19. The molecule has 1 aliphatic heterocycles. The third-order valence-electron chi connectivity index (χ3n) is 4.49. The molecule has 0 aliphatic carbocycles. The van der Waals surface area contributed by atoms with Crippen molar-refractivity contribution >= 4 is 26.8 Å². The minimum atomic E-state index is -3.63. The number of carbonyl (C=O) groups is 1. The molecule has 1 amide bonds. The van der Waals surface area contributed by atoms with Crippen molar-refractivity contribution in [1.82, 2.24) is 14.9 Å². The molecule has 0 N–H and O–H groups in total. The van der Waals surface area contributed by atoms with Crippen LogP contribution in [0, 0.1) is 6.92 Å². The summed E-state index contributed by atoms with van der Waals surface area (Å²) in [5.74, 6) is -0.573. The highest BCUT2D eigenvalue weighted by Gasteiger charge is 2.33. The summed E-state index contributed by atoms with van der Waals surface area (Å²) in [6.45, 7) is 4.51. The number of sulfone groups is 1. The normalized spacial score (nSPS) is 16.5. The first-order valence-corrected chi connectivity index (χ1v) is 9.82. The second-order valence-electron chi connectivity index (χ2n) is 6.23. The van der Waals surface area contributed by atoms with Gasteiger partial charge in [0.05, 0.1) is 28.2 Å². The lowest BCUT2D eigenvalue weighted by Crippen LogP contribution is -2.40. The van der Waals surface area contributed by atoms with Crippen LogP contribution in [0.15, 0.2) is 24.3 Å². The van der Waals surface area contributed by atoms with E-state index in [0.717, 1.165) is 18.4 Å². The van der Waals surface area contributed by atoms with E-state index in [2.05, 4.69) is 9.97 Å². The maximum atomic E-state index is 12.7. The van der Waals surface area contributed by atoms with Crippen molar-refractivity contribution in [3.05, 3.63) is 35.7 Å². The maximum absolute atomic E-state index is 12.7. The van der Waals surface area contributed by atoms with Crippen molar-refractivity contribution in [3.8, 4) is 0 Å². The van der Waals surface area contributed by atoms with Gasteiger partial charge in [0.2, 0.25) is 5.91 Å². The molecule has 1 aliphatic rings. The molecule has 2 aromatic rings. The Morgan fingerprint density at radius 1 is 1.17 bits per heavy atom. The minimum absolute atomic E-state index is 0.266. The highest BCUT2D eigenvalue weighted by atomic mass is 32.2. The van der Waals surface area contributed by atoms with Crippen LogP contribution in [-0.4, -0.2) is 47.5 Å². The van der Waals surface area contributed by atoms with E-state index in [0.29, 0.717) is 30.0 Å². The van der Waals surface area contributed by atoms with E-state index < -0.39 is 15.1 Å². The summed E-state index contributed by atoms with van der Waals surface area (Å²) in [5, 5.41) is -1.05. The van der Waals surface area contributed by atoms with Gasteiger partial charge in [-0.1, -0.05) is 12.1 Å². The van der Waals surface area contributed by atoms with Gasteiger partial charge >= 0.3 is 0 Å². The van der Waals surface area contributed by atoms with Gasteiger partial charge in [0.25, 0.3) is 0 Å². The SMILES string of the molecule is Cc1nc2ccccc2nc1CS(=O)(=O)[C@H](C)C(=O)N1CCCC1. The summed E-state index contributed by atoms with van der Waals surface area (Å²) in [7, 11) is -3.63. The maximum Gasteiger partial charge on any atom is 0.240 e. The number of carbonyl (C=O) groups excluding carboxylic acids is 1. The fourth-order valence-electron chi connectivity index (χ4n) is 2.93. The Bertz CT molecular complexity index is 874. The molecule has 128 valence electrons. The van der Waals surface area contributed by atoms with Crippen molar-refractivity contribution < 1.29 is 13.2 Å². The summed E-state index contributed by atoms with van der Waals surface area (Å²) in [6.07, 6.45) is 1.88. The van der Waals surface area contributed by atoms with Gasteiger partial charge in [-0.2, -0.15) is 0 Å². The topological polar surface area (TPSA) is 80.2 Å². The van der Waals surface area contributed by atoms with Crippen molar-refractivity contribution in [1.29, 1.82) is 0 Å². The molecule has 2 heterocycles. The zero-order valence-electron chi connectivity index (χ0n) is 13.9. The van der Waals surface area contributed by atoms with Crippen LogP contribution >= 0.6 is 0 Å². The third kappa shape index (κ3) is 3.26. The number of hydrogen-bond donors (Lipinski definition) is 0. The Hall–Kier alpha value is -2.02. The molecule has 1 fully saturated rings. The molecular weight excluding hydrogens is 326 g/mol. The Kier molecular flexibility index (Phi) is 4.54. The second kappa shape index (κ2) is 6.47. The largest absolute Gasteiger partial charge is 0.342 e. The van der Waals surface area contributed by atoms with Crippen LogP contribution in [0.25, 0.3) is 11.0 Å². The lowest BCUT2D eigenvalue weighted by atomic mass is 10.2. The number of rotatable bonds is 4. The molecule has 0 bridgehead atoms. The van der Waals surface area contributed by atoms with Gasteiger partial charge in [0.1, 0.15) is 5.25 Å². The minimum Gasteiger partial charge on any atom is -0.342 e. The average Bonchev–Trinajstić information content (AvgIpc) is 3.08. The molecule has 0 spiro atoms. The quantitative estimate of drug-likeness (QED) is 0.843. The molecule has 0 saturated carbocycles. The van der Waals surface area contributed by atoms with Crippen molar-refractivity contribution in [3.63, 3.8) is 0 Å². The Balaban J connectivity index is 1.86. The zero-order valence-corrected chi connectivity index (χ0v) is 14.7. The number of aromatic nitrogens is 2. The molecule has 24 heavy (non-hydrogen) atoms. The van der Waals surface area contributed by atoms with Gasteiger partial charge in [-0.3, -0.25) is 4.79 Å². The van der Waals surface area contributed by atoms with Crippen LogP contribution in [0.4, 0.5) is 0 Å². The average molecular weight is 347 g/mol. The number of fused-ring (bicyclic) bond motifs is 1. The summed E-state index contributed by atoms with van der Waals surface area (Å²) in [4.78, 5) is 22.9. The number of nitrogens with zero attached hydrogens (tertiary/aromatic N) is 3. The number of amides is 1. The molecule has 6 nitrogen and oxygen atoms in total. The summed E-state index contributed by atoms with van der Waals surface area (Å²) >= 11 is 0. The molecular formula is C17H21N3O3S. The molecule has 1 aromatic heterocycles. The summed E-state index contributed by atoms with van der Waals surface area (Å²) in [5.41, 5.74) is 2.39. The van der Waals surface area contributed by atoms with Gasteiger partial charge < -0.3 is 4.90 Å². The standard InChI is InChI=1S/C17H21N3O3S/c1-12-16(19-15-8-4-3-7-14(15)18-12)11-24(22,23)13(2)17(21)20-9-5-6-10-20/h3-4,7-8,13H,5-6,9-11H2,1-2H3/t13-/m1/s1. The van der Waals surface area contributed by atoms with E-state index in [-0.39, 0.29) is 11.7 Å². The lowest BCUT2D eigenvalue weighted by molar-refractivity contribution is -0.129. The van der Waals surface area contributed by atoms with Crippen molar-refractivity contribution in [2.45, 2.75) is 37.7 Å². The third-order valence-corrected chi connectivity index (χ3v) is 6.44. The number of benzene rings is 1. The van der Waals surface area contributed by atoms with Gasteiger partial charge in [-0.25, -0.2) is 18.4 Å². The monoisotopic (exact) mass is 347 g/mol. The predicted octanol–water partition coefficient (Wildman–Crippen LogP) is 1.86. The van der Waals surface area contributed by atoms with E-state index in [9.17, 15) is 13.2 Å². The van der Waals surface area contributed by atoms with Crippen LogP contribution in [0.1, 0.15) is 31.2 Å². The van der Waals surface area contributed by atoms with Crippen LogP contribution in [0.2, 0.25) is 0 Å². The second-order valence-corrected chi connectivity index (χ2v) is 8.55. The van der Waals surface area contributed by atoms with Crippen molar-refractivity contribution in [2.75, 3.05) is 13.1 Å². The smallest absolute Gasteiger partial charge is 0.240 e. The van der Waals surface area contributed by atoms with E-state index in [4.69, 9.17) is 0 Å². The molecule has 7 heteroatoms. The molecule has 1 atom stereocenters. The molecule has 3 rings (SSSR count). The van der Waals surface area contributed by atoms with E-state index in [1.54, 1.807) is 17.9 Å². The van der Waals surface area contributed by atoms with Crippen LogP contribution in [-0.2, 0) is 20.4 Å². The molecule has 0 radical (unpaired) electrons. The van der Waals surface area contributed by atoms with E-state index in [1.807, 2.05) is 18.2 Å². The first-order chi connectivity index (χ1) is 11.4. The Morgan fingerprint density at radius 3 is 2.38 bits per heavy atom. The number of hydrogen-bond acceptors (Lipinski definition) is 5. The zero-order chi connectivity index (χ0) is 17.3. The van der Waals surface area contributed by atoms with Crippen LogP contribution < -0.4 is 0 Å². The Labute approximate surface area is 141 Å². The lowest BCUT2D eigenvalue weighted by Gasteiger charge is -2.20. The van der Waals surface area contributed by atoms with Gasteiger partial charge in [0.15, 0.2) is 9.84 Å². The van der Waals surface area contributed by atoms with Crippen molar-refractivity contribution in [2.24, 2.45) is 0 Å². The van der Waals surface area contributed by atoms with Crippen LogP contribution in [0.3, 0.4) is 0 Å². The number of aryl methyl sites for hydroxylation is 1. The summed E-state index contributed by atoms with van der Waals surface area (Å²) < 4.78 is 25.3. The fraction of sp³-hybridized carbons (Fsp3) is 0.471. The number of likely N-dealkylation sites (tertiary alicyclic amines) is 1. The summed E-state index contributed by atoms with van der Waals surface area (Å²) in [6, 6.07) is 7.34. The first kappa shape index (κ1) is 16.8. The molecule has 0 unspecified atom stereocenters. The number of para-hydroxylation sites is 2. The predicted molar refractivity (Wildman–Crippen MR) is 92.2 cm³/mol. The van der Waals surface area contributed by atoms with Crippen LogP contribution in [0.5, 0.6) is 0 Å². The Morgan fingerprint density at radius 2 is 1.75 bits per heavy atom. The van der Waals surface area contributed by atoms with Gasteiger partial charge in [0, 0.05) is 13.1 Å². The van der Waals surface area contributed by atoms with E-state index in [1.165, 1.54) is 6.92 Å². The first-order valence-electron chi connectivity index (χ1n) is 8.11. The van der Waals surface area contributed by atoms with Gasteiger partial charge in [-0.05, 0) is 38.8 Å². The van der Waals surface area contributed by atoms with Gasteiger partial charge in [-0.15, -0.1) is 0 Å².